The van der Waals surface area contributed by atoms with Crippen molar-refractivity contribution in [1.29, 1.82) is 0 Å². The lowest BCUT2D eigenvalue weighted by atomic mass is 9.40. The first-order valence-corrected chi connectivity index (χ1v) is 11.5. The van der Waals surface area contributed by atoms with Gasteiger partial charge in [0, 0.05) is 0 Å². The van der Waals surface area contributed by atoms with Gasteiger partial charge in [-0.05, 0) is 86.8 Å². The lowest BCUT2D eigenvalue weighted by molar-refractivity contribution is -0.170. The van der Waals surface area contributed by atoms with E-state index in [0.29, 0.717) is 46.5 Å². The number of hydrazone groups is 1. The average molecular weight is 433 g/mol. The van der Waals surface area contributed by atoms with Crippen LogP contribution < -0.4 is 14.9 Å². The van der Waals surface area contributed by atoms with Crippen molar-refractivity contribution in [3.8, 4) is 11.5 Å². The Morgan fingerprint density at radius 3 is 2.40 bits per heavy atom. The highest BCUT2D eigenvalue weighted by atomic mass is 35.5. The molecule has 4 saturated carbocycles. The fourth-order valence-electron chi connectivity index (χ4n) is 7.19. The maximum atomic E-state index is 13.3. The molecule has 1 aromatic carbocycles. The average Bonchev–Trinajstić information content (AvgIpc) is 2.61. The molecule has 4 aliphatic rings. The normalized spacial score (nSPS) is 34.4. The number of carbonyl (C=O) groups excluding carboxylic acids is 1. The lowest BCUT2D eigenvalue weighted by Crippen LogP contribution is -2.59. The van der Waals surface area contributed by atoms with Crippen molar-refractivity contribution in [1.82, 2.24) is 5.43 Å². The predicted molar refractivity (Wildman–Crippen MR) is 119 cm³/mol. The molecule has 0 heterocycles. The van der Waals surface area contributed by atoms with Crippen LogP contribution in [0.25, 0.3) is 0 Å². The zero-order valence-corrected chi connectivity index (χ0v) is 19.3. The van der Waals surface area contributed by atoms with Crippen molar-refractivity contribution in [2.24, 2.45) is 27.3 Å². The summed E-state index contributed by atoms with van der Waals surface area (Å²) in [6.45, 7) is 9.58. The van der Waals surface area contributed by atoms with E-state index in [9.17, 15) is 4.79 Å². The maximum absolute atomic E-state index is 13.3. The van der Waals surface area contributed by atoms with Crippen LogP contribution in [-0.2, 0) is 4.79 Å². The number of hydrogen-bond donors (Lipinski definition) is 1. The molecule has 0 spiro atoms. The molecule has 1 amide bonds. The zero-order valence-electron chi connectivity index (χ0n) is 18.5. The van der Waals surface area contributed by atoms with E-state index in [1.165, 1.54) is 19.3 Å². The third-order valence-corrected chi connectivity index (χ3v) is 7.39. The van der Waals surface area contributed by atoms with E-state index < -0.39 is 0 Å². The van der Waals surface area contributed by atoms with Gasteiger partial charge < -0.3 is 9.47 Å². The number of halogens is 1. The van der Waals surface area contributed by atoms with Crippen LogP contribution >= 0.6 is 11.6 Å². The number of benzene rings is 1. The second-order valence-electron chi connectivity index (χ2n) is 10.3. The van der Waals surface area contributed by atoms with Gasteiger partial charge in [0.15, 0.2) is 11.5 Å². The van der Waals surface area contributed by atoms with E-state index in [1.54, 1.807) is 12.3 Å². The Balaban J connectivity index is 1.49. The number of nitrogens with one attached hydrogen (secondary N) is 1. The molecule has 0 aliphatic heterocycles. The fourth-order valence-corrected chi connectivity index (χ4v) is 7.47. The van der Waals surface area contributed by atoms with Crippen molar-refractivity contribution in [3.05, 3.63) is 22.7 Å². The van der Waals surface area contributed by atoms with Gasteiger partial charge in [-0.15, -0.1) is 0 Å². The van der Waals surface area contributed by atoms with E-state index in [-0.39, 0.29) is 11.3 Å². The second kappa shape index (κ2) is 7.74. The van der Waals surface area contributed by atoms with Crippen LogP contribution in [0, 0.1) is 22.2 Å². The van der Waals surface area contributed by atoms with Crippen LogP contribution in [0.2, 0.25) is 5.02 Å². The number of nitrogens with zero attached hydrogens (tertiary/aromatic N) is 1. The van der Waals surface area contributed by atoms with Gasteiger partial charge in [0.1, 0.15) is 0 Å². The van der Waals surface area contributed by atoms with E-state index >= 15 is 0 Å². The van der Waals surface area contributed by atoms with Gasteiger partial charge in [-0.1, -0.05) is 25.4 Å². The monoisotopic (exact) mass is 432 g/mol. The molecular formula is C24H33ClN2O3. The summed E-state index contributed by atoms with van der Waals surface area (Å²) in [5.74, 6) is 1.87. The molecule has 6 heteroatoms. The highest BCUT2D eigenvalue weighted by Crippen LogP contribution is 2.69. The Kier molecular flexibility index (Phi) is 5.54. The number of carbonyl (C=O) groups is 1. The molecule has 30 heavy (non-hydrogen) atoms. The highest BCUT2D eigenvalue weighted by molar-refractivity contribution is 6.32. The van der Waals surface area contributed by atoms with Gasteiger partial charge in [0.25, 0.3) is 0 Å². The fraction of sp³-hybridized carbons (Fsp3) is 0.667. The standard InChI is InChI=1S/C24H33ClN2O3/c1-5-29-19-8-16(7-18(25)20(19)30-6-2)12-26-27-21(28)24-11-17-9-22(3,14-24)13-23(4,10-17)15-24/h7-8,12,17H,5-6,9-11,13-15H2,1-4H3,(H,27,28)/b26-12+. The summed E-state index contributed by atoms with van der Waals surface area (Å²) >= 11 is 6.38. The quantitative estimate of drug-likeness (QED) is 0.451. The summed E-state index contributed by atoms with van der Waals surface area (Å²) in [6, 6.07) is 3.61. The third kappa shape index (κ3) is 3.93. The van der Waals surface area contributed by atoms with E-state index in [2.05, 4.69) is 24.4 Å². The van der Waals surface area contributed by atoms with E-state index in [1.807, 2.05) is 19.9 Å². The lowest BCUT2D eigenvalue weighted by Gasteiger charge is -2.64. The Bertz CT molecular complexity index is 850. The van der Waals surface area contributed by atoms with Crippen LogP contribution in [0.1, 0.15) is 71.8 Å². The summed E-state index contributed by atoms with van der Waals surface area (Å²) in [5.41, 5.74) is 3.93. The van der Waals surface area contributed by atoms with Gasteiger partial charge in [0.05, 0.1) is 29.9 Å². The molecule has 0 saturated heterocycles. The van der Waals surface area contributed by atoms with Crippen LogP contribution in [0.3, 0.4) is 0 Å². The maximum Gasteiger partial charge on any atom is 0.246 e. The van der Waals surface area contributed by atoms with E-state index in [0.717, 1.165) is 24.8 Å². The number of hydrogen-bond acceptors (Lipinski definition) is 4. The number of amides is 1. The van der Waals surface area contributed by atoms with Gasteiger partial charge in [-0.25, -0.2) is 5.43 Å². The topological polar surface area (TPSA) is 59.9 Å². The minimum Gasteiger partial charge on any atom is -0.490 e. The largest absolute Gasteiger partial charge is 0.490 e. The Morgan fingerprint density at radius 2 is 1.80 bits per heavy atom. The molecule has 5 rings (SSSR count). The highest BCUT2D eigenvalue weighted by Gasteiger charge is 2.62. The smallest absolute Gasteiger partial charge is 0.246 e. The summed E-state index contributed by atoms with van der Waals surface area (Å²) < 4.78 is 11.3. The molecule has 4 bridgehead atoms. The first-order valence-electron chi connectivity index (χ1n) is 11.1. The van der Waals surface area contributed by atoms with Crippen LogP contribution in [-0.4, -0.2) is 25.3 Å². The number of rotatable bonds is 7. The molecule has 2 atom stereocenters. The summed E-state index contributed by atoms with van der Waals surface area (Å²) in [4.78, 5) is 13.3. The van der Waals surface area contributed by atoms with Crippen LogP contribution in [0.5, 0.6) is 11.5 Å². The molecule has 0 radical (unpaired) electrons. The Labute approximate surface area is 184 Å². The predicted octanol–water partition coefficient (Wildman–Crippen LogP) is 5.58. The van der Waals surface area contributed by atoms with E-state index in [4.69, 9.17) is 21.1 Å². The van der Waals surface area contributed by atoms with Crippen LogP contribution in [0.15, 0.2) is 17.2 Å². The molecule has 4 aliphatic carbocycles. The molecular weight excluding hydrogens is 400 g/mol. The van der Waals surface area contributed by atoms with Crippen molar-refractivity contribution in [2.45, 2.75) is 66.2 Å². The second-order valence-corrected chi connectivity index (χ2v) is 10.7. The minimum absolute atomic E-state index is 0.0716. The van der Waals surface area contributed by atoms with Crippen LogP contribution in [0.4, 0.5) is 0 Å². The molecule has 164 valence electrons. The summed E-state index contributed by atoms with van der Waals surface area (Å²) in [7, 11) is 0. The Morgan fingerprint density at radius 1 is 1.13 bits per heavy atom. The molecule has 4 fully saturated rings. The van der Waals surface area contributed by atoms with Crippen molar-refractivity contribution in [2.75, 3.05) is 13.2 Å². The molecule has 2 unspecified atom stereocenters. The third-order valence-electron chi connectivity index (χ3n) is 7.11. The van der Waals surface area contributed by atoms with Gasteiger partial charge in [-0.3, -0.25) is 4.79 Å². The first kappa shape index (κ1) is 21.5. The van der Waals surface area contributed by atoms with Crippen molar-refractivity contribution in [3.63, 3.8) is 0 Å². The van der Waals surface area contributed by atoms with Gasteiger partial charge in [-0.2, -0.15) is 5.10 Å². The SMILES string of the molecule is CCOc1cc(/C=N/NC(=O)C23CC4CC(C)(CC(C)(C4)C2)C3)cc(Cl)c1OCC. The van der Waals surface area contributed by atoms with Gasteiger partial charge >= 0.3 is 0 Å². The summed E-state index contributed by atoms with van der Waals surface area (Å²) in [6.07, 6.45) is 8.39. The molecule has 1 N–H and O–H groups in total. The Hall–Kier alpha value is -1.75. The van der Waals surface area contributed by atoms with Gasteiger partial charge in [0.2, 0.25) is 5.91 Å². The minimum atomic E-state index is -0.271. The number of ether oxygens (including phenoxy) is 2. The molecule has 0 aromatic heterocycles. The van der Waals surface area contributed by atoms with Crippen molar-refractivity contribution >= 4 is 23.7 Å². The molecule has 1 aromatic rings. The van der Waals surface area contributed by atoms with Crippen molar-refractivity contribution < 1.29 is 14.3 Å². The first-order chi connectivity index (χ1) is 14.2. The molecule has 5 nitrogen and oxygen atoms in total. The summed E-state index contributed by atoms with van der Waals surface area (Å²) in [5, 5.41) is 4.75. The zero-order chi connectivity index (χ0) is 21.6.